The van der Waals surface area contributed by atoms with Gasteiger partial charge in [-0.15, -0.1) is 0 Å². The summed E-state index contributed by atoms with van der Waals surface area (Å²) in [5.41, 5.74) is 2.90. The van der Waals surface area contributed by atoms with Crippen molar-refractivity contribution in [3.63, 3.8) is 0 Å². The number of carbonyl (C=O) groups excluding carboxylic acids is 1. The minimum absolute atomic E-state index is 0.0210. The Morgan fingerprint density at radius 3 is 2.84 bits per heavy atom. The third-order valence-electron chi connectivity index (χ3n) is 8.57. The summed E-state index contributed by atoms with van der Waals surface area (Å²) in [6.45, 7) is 11.6. The van der Waals surface area contributed by atoms with Crippen LogP contribution in [0.3, 0.4) is 0 Å². The number of benzene rings is 1. The van der Waals surface area contributed by atoms with E-state index in [1.54, 1.807) is 7.11 Å². The molecule has 1 aromatic rings. The molecule has 2 heterocycles. The van der Waals surface area contributed by atoms with Crippen molar-refractivity contribution in [2.75, 3.05) is 44.7 Å². The monoisotopic (exact) mass is 424 g/mol. The summed E-state index contributed by atoms with van der Waals surface area (Å²) in [5, 5.41) is 0. The van der Waals surface area contributed by atoms with E-state index in [-0.39, 0.29) is 23.4 Å². The average molecular weight is 425 g/mol. The normalized spacial score (nSPS) is 36.0. The van der Waals surface area contributed by atoms with E-state index in [9.17, 15) is 4.79 Å². The third kappa shape index (κ3) is 3.86. The van der Waals surface area contributed by atoms with Crippen LogP contribution in [0.2, 0.25) is 0 Å². The number of anilines is 1. The number of allylic oxidation sites excluding steroid dienone is 1. The third-order valence-corrected chi connectivity index (χ3v) is 8.57. The molecule has 0 bridgehead atoms. The quantitative estimate of drug-likeness (QED) is 0.537. The zero-order chi connectivity index (χ0) is 21.6. The second-order valence-electron chi connectivity index (χ2n) is 10.4. The highest BCUT2D eigenvalue weighted by Gasteiger charge is 2.55. The van der Waals surface area contributed by atoms with Crippen LogP contribution < -0.4 is 9.64 Å². The number of esters is 1. The second kappa shape index (κ2) is 8.16. The van der Waals surface area contributed by atoms with Crippen molar-refractivity contribution in [2.24, 2.45) is 23.2 Å². The van der Waals surface area contributed by atoms with E-state index >= 15 is 0 Å². The Morgan fingerprint density at radius 2 is 2.06 bits per heavy atom. The van der Waals surface area contributed by atoms with Crippen molar-refractivity contribution in [2.45, 2.75) is 45.1 Å². The first-order chi connectivity index (χ1) is 15.0. The van der Waals surface area contributed by atoms with Crippen LogP contribution in [0.4, 0.5) is 5.69 Å². The molecule has 2 aliphatic carbocycles. The van der Waals surface area contributed by atoms with Gasteiger partial charge in [-0.05, 0) is 55.6 Å². The van der Waals surface area contributed by atoms with Gasteiger partial charge in [-0.3, -0.25) is 9.69 Å². The first kappa shape index (κ1) is 20.9. The molecule has 5 atom stereocenters. The van der Waals surface area contributed by atoms with E-state index in [1.165, 1.54) is 24.1 Å². The van der Waals surface area contributed by atoms with Crippen molar-refractivity contribution >= 4 is 11.7 Å². The number of carbonyl (C=O) groups is 1. The minimum atomic E-state index is 0.0210. The number of hydrogen-bond donors (Lipinski definition) is 0. The Hall–Kier alpha value is -2.01. The number of methoxy groups -OCH3 is 1. The fourth-order valence-corrected chi connectivity index (χ4v) is 6.74. The largest absolute Gasteiger partial charge is 0.497 e. The van der Waals surface area contributed by atoms with Crippen LogP contribution in [-0.2, 0) is 9.53 Å². The molecule has 168 valence electrons. The second-order valence-corrected chi connectivity index (χ2v) is 10.4. The maximum Gasteiger partial charge on any atom is 0.310 e. The van der Waals surface area contributed by atoms with Gasteiger partial charge in [0, 0.05) is 50.4 Å². The maximum atomic E-state index is 12.9. The predicted octanol–water partition coefficient (Wildman–Crippen LogP) is 4.13. The Labute approximate surface area is 186 Å². The minimum Gasteiger partial charge on any atom is -0.497 e. The molecular formula is C26H36N2O3. The van der Waals surface area contributed by atoms with Crippen LogP contribution in [0.25, 0.3) is 0 Å². The molecule has 0 N–H and O–H groups in total. The highest BCUT2D eigenvalue weighted by Crippen LogP contribution is 2.56. The Balaban J connectivity index is 1.22. The van der Waals surface area contributed by atoms with Gasteiger partial charge in [0.05, 0.1) is 13.0 Å². The summed E-state index contributed by atoms with van der Waals surface area (Å²) in [6.07, 6.45) is 5.85. The molecule has 2 saturated heterocycles. The summed E-state index contributed by atoms with van der Waals surface area (Å²) in [5.74, 6) is 1.88. The predicted molar refractivity (Wildman–Crippen MR) is 122 cm³/mol. The molecule has 5 rings (SSSR count). The molecule has 2 aliphatic heterocycles. The molecule has 31 heavy (non-hydrogen) atoms. The molecule has 0 aromatic heterocycles. The Kier molecular flexibility index (Phi) is 5.49. The fourth-order valence-electron chi connectivity index (χ4n) is 6.74. The molecule has 0 unspecified atom stereocenters. The van der Waals surface area contributed by atoms with E-state index in [1.807, 2.05) is 12.1 Å². The van der Waals surface area contributed by atoms with Crippen molar-refractivity contribution in [3.05, 3.63) is 36.4 Å². The standard InChI is InChI=1S/C26H36N2O3/c1-18-6-5-9-26(2)16-24-21(15-23(18)26)22(25(29)31-24)17-27-10-12-28(13-11-27)19-7-4-8-20(14-19)30-3/h4,7-8,14,21-24H,1,5-6,9-13,15-17H2,2-3H3/t21-,22-,23-,24+,26+/m0/s1. The first-order valence-electron chi connectivity index (χ1n) is 12.0. The topological polar surface area (TPSA) is 42.0 Å². The van der Waals surface area contributed by atoms with Gasteiger partial charge in [0.15, 0.2) is 0 Å². The van der Waals surface area contributed by atoms with Gasteiger partial charge in [0.1, 0.15) is 11.9 Å². The van der Waals surface area contributed by atoms with Gasteiger partial charge in [-0.2, -0.15) is 0 Å². The van der Waals surface area contributed by atoms with E-state index in [0.717, 1.165) is 57.7 Å². The molecule has 0 radical (unpaired) electrons. The van der Waals surface area contributed by atoms with Crippen molar-refractivity contribution < 1.29 is 14.3 Å². The Morgan fingerprint density at radius 1 is 1.26 bits per heavy atom. The summed E-state index contributed by atoms with van der Waals surface area (Å²) >= 11 is 0. The number of rotatable bonds is 4. The SMILES string of the molecule is C=C1CCC[C@]2(C)C[C@H]3OC(=O)[C@@H](CN4CCN(c5cccc(OC)c5)CC4)[C@@H]3C[C@@H]12. The van der Waals surface area contributed by atoms with Gasteiger partial charge in [0.2, 0.25) is 0 Å². The number of fused-ring (bicyclic) bond motifs is 2. The molecule has 4 aliphatic rings. The maximum absolute atomic E-state index is 12.9. The number of hydrogen-bond acceptors (Lipinski definition) is 5. The zero-order valence-corrected chi connectivity index (χ0v) is 19.0. The fraction of sp³-hybridized carbons (Fsp3) is 0.654. The van der Waals surface area contributed by atoms with Crippen LogP contribution in [0.5, 0.6) is 5.75 Å². The van der Waals surface area contributed by atoms with Gasteiger partial charge in [-0.25, -0.2) is 0 Å². The van der Waals surface area contributed by atoms with Crippen LogP contribution >= 0.6 is 0 Å². The molecule has 0 spiro atoms. The van der Waals surface area contributed by atoms with Gasteiger partial charge < -0.3 is 14.4 Å². The summed E-state index contributed by atoms with van der Waals surface area (Å²) < 4.78 is 11.3. The molecule has 4 fully saturated rings. The molecule has 2 saturated carbocycles. The first-order valence-corrected chi connectivity index (χ1v) is 12.0. The lowest BCUT2D eigenvalue weighted by atomic mass is 9.55. The van der Waals surface area contributed by atoms with Crippen molar-refractivity contribution in [1.82, 2.24) is 4.90 Å². The average Bonchev–Trinajstić information content (AvgIpc) is 3.06. The van der Waals surface area contributed by atoms with E-state index in [0.29, 0.717) is 11.8 Å². The Bertz CT molecular complexity index is 847. The lowest BCUT2D eigenvalue weighted by Crippen LogP contribution is -2.50. The number of nitrogens with zero attached hydrogens (tertiary/aromatic N) is 2. The highest BCUT2D eigenvalue weighted by atomic mass is 16.6. The van der Waals surface area contributed by atoms with E-state index in [2.05, 4.69) is 35.4 Å². The molecule has 5 heteroatoms. The lowest BCUT2D eigenvalue weighted by Gasteiger charge is -2.50. The van der Waals surface area contributed by atoms with Gasteiger partial charge in [0.25, 0.3) is 0 Å². The van der Waals surface area contributed by atoms with E-state index < -0.39 is 0 Å². The molecular weight excluding hydrogens is 388 g/mol. The van der Waals surface area contributed by atoms with E-state index in [4.69, 9.17) is 9.47 Å². The number of ether oxygens (including phenoxy) is 2. The lowest BCUT2D eigenvalue weighted by molar-refractivity contribution is -0.146. The summed E-state index contributed by atoms with van der Waals surface area (Å²) in [6, 6.07) is 8.28. The van der Waals surface area contributed by atoms with Crippen LogP contribution in [0.1, 0.15) is 39.0 Å². The van der Waals surface area contributed by atoms with Gasteiger partial charge in [-0.1, -0.05) is 25.1 Å². The summed E-state index contributed by atoms with van der Waals surface area (Å²) in [4.78, 5) is 17.7. The van der Waals surface area contributed by atoms with Crippen LogP contribution in [-0.4, -0.2) is 56.8 Å². The van der Waals surface area contributed by atoms with Crippen molar-refractivity contribution in [1.29, 1.82) is 0 Å². The number of piperazine rings is 1. The molecule has 0 amide bonds. The molecule has 5 nitrogen and oxygen atoms in total. The van der Waals surface area contributed by atoms with Gasteiger partial charge >= 0.3 is 5.97 Å². The smallest absolute Gasteiger partial charge is 0.310 e. The van der Waals surface area contributed by atoms with Crippen LogP contribution in [0, 0.1) is 23.2 Å². The molecule has 1 aromatic carbocycles. The zero-order valence-electron chi connectivity index (χ0n) is 19.0. The summed E-state index contributed by atoms with van der Waals surface area (Å²) in [7, 11) is 1.71. The highest BCUT2D eigenvalue weighted by molar-refractivity contribution is 5.75. The van der Waals surface area contributed by atoms with Crippen LogP contribution in [0.15, 0.2) is 36.4 Å². The van der Waals surface area contributed by atoms with Crippen molar-refractivity contribution in [3.8, 4) is 5.75 Å².